The molecule has 5 heteroatoms. The van der Waals surface area contributed by atoms with Gasteiger partial charge in [0.2, 0.25) is 0 Å². The number of nitrogens with zero attached hydrogens (tertiary/aromatic N) is 1. The molecule has 263 valence electrons. The van der Waals surface area contributed by atoms with Gasteiger partial charge in [-0.05, 0) is 96.9 Å². The van der Waals surface area contributed by atoms with Crippen LogP contribution in [0.1, 0.15) is 130 Å². The summed E-state index contributed by atoms with van der Waals surface area (Å²) in [6.45, 7) is 24.7. The molecular weight excluding hydrogens is 771 g/mol. The number of carbonyl (C=O) groups is 1. The Bertz CT molecular complexity index is 1720. The van der Waals surface area contributed by atoms with Gasteiger partial charge in [0.05, 0.1) is 5.76 Å². The molecule has 0 atom stereocenters. The molecule has 2 heterocycles. The molecule has 5 rings (SSSR count). The molecule has 4 nitrogen and oxygen atoms in total. The number of benzene rings is 2. The third-order valence-corrected chi connectivity index (χ3v) is 10.6. The molecule has 1 aliphatic rings. The van der Waals surface area contributed by atoms with E-state index in [1.165, 1.54) is 46.4 Å². The number of rotatable bonds is 10. The number of hydrogen-bond donors (Lipinski definition) is 1. The van der Waals surface area contributed by atoms with Gasteiger partial charge in [0.15, 0.2) is 5.78 Å². The fourth-order valence-corrected chi connectivity index (χ4v) is 7.68. The van der Waals surface area contributed by atoms with Crippen LogP contribution in [-0.4, -0.2) is 15.9 Å². The van der Waals surface area contributed by atoms with Gasteiger partial charge in [-0.25, -0.2) is 0 Å². The summed E-state index contributed by atoms with van der Waals surface area (Å²) in [5, 5.41) is 12.3. The summed E-state index contributed by atoms with van der Waals surface area (Å²) < 4.78 is 6.80. The molecule has 4 aromatic rings. The zero-order valence-electron chi connectivity index (χ0n) is 31.3. The second-order valence-corrected chi connectivity index (χ2v) is 15.3. The summed E-state index contributed by atoms with van der Waals surface area (Å²) in [7, 11) is 0. The summed E-state index contributed by atoms with van der Waals surface area (Å²) >= 11 is 0. The number of hydrogen-bond acceptors (Lipinski definition) is 4. The van der Waals surface area contributed by atoms with E-state index in [4.69, 9.17) is 9.40 Å². The van der Waals surface area contributed by atoms with E-state index >= 15 is 0 Å². The molecule has 1 N–H and O–H groups in total. The van der Waals surface area contributed by atoms with Crippen LogP contribution in [0, 0.1) is 30.7 Å². The molecule has 0 bridgehead atoms. The zero-order chi connectivity index (χ0) is 34.7. The first-order valence-corrected chi connectivity index (χ1v) is 18.0. The van der Waals surface area contributed by atoms with Crippen molar-refractivity contribution >= 4 is 27.7 Å². The summed E-state index contributed by atoms with van der Waals surface area (Å²) in [6.07, 6.45) is 10.3. The molecule has 0 spiro atoms. The second kappa shape index (κ2) is 16.3. The molecule has 0 saturated heterocycles. The maximum absolute atomic E-state index is 11.7. The van der Waals surface area contributed by atoms with E-state index in [0.29, 0.717) is 5.92 Å². The monoisotopic (exact) mass is 829 g/mol. The van der Waals surface area contributed by atoms with Crippen LogP contribution in [0.25, 0.3) is 33.2 Å². The van der Waals surface area contributed by atoms with E-state index < -0.39 is 0 Å². The third kappa shape index (κ3) is 8.00. The Morgan fingerprint density at radius 3 is 2.08 bits per heavy atom. The van der Waals surface area contributed by atoms with Crippen LogP contribution in [0.5, 0.6) is 0 Å². The van der Waals surface area contributed by atoms with E-state index in [2.05, 4.69) is 66.7 Å². The molecule has 0 unspecified atom stereocenters. The number of carbonyl (C=O) groups excluding carboxylic acids is 1. The number of aliphatic hydroxyl groups is 1. The van der Waals surface area contributed by atoms with Crippen molar-refractivity contribution in [1.82, 2.24) is 4.98 Å². The largest absolute Gasteiger partial charge is 0.512 e. The van der Waals surface area contributed by atoms with Gasteiger partial charge in [-0.3, -0.25) is 4.79 Å². The first-order valence-electron chi connectivity index (χ1n) is 18.0. The van der Waals surface area contributed by atoms with E-state index in [9.17, 15) is 9.90 Å². The summed E-state index contributed by atoms with van der Waals surface area (Å²) in [6, 6.07) is 13.5. The van der Waals surface area contributed by atoms with Crippen LogP contribution in [0.4, 0.5) is 0 Å². The minimum atomic E-state index is 0. The van der Waals surface area contributed by atoms with Crippen molar-refractivity contribution < 1.29 is 34.4 Å². The van der Waals surface area contributed by atoms with Gasteiger partial charge in [-0.1, -0.05) is 69.2 Å². The van der Waals surface area contributed by atoms with Crippen molar-refractivity contribution in [3.05, 3.63) is 76.7 Å². The predicted molar refractivity (Wildman–Crippen MR) is 198 cm³/mol. The number of allylic oxidation sites excluding steroid dienone is 2. The minimum absolute atomic E-state index is 0. The molecule has 0 fully saturated rings. The van der Waals surface area contributed by atoms with Gasteiger partial charge in [0.25, 0.3) is 0 Å². The molecule has 0 aliphatic heterocycles. The van der Waals surface area contributed by atoms with Crippen LogP contribution < -0.4 is 0 Å². The number of fused-ring (bicyclic) bond motifs is 5. The van der Waals surface area contributed by atoms with Crippen LogP contribution in [0.2, 0.25) is 0 Å². The van der Waals surface area contributed by atoms with Crippen molar-refractivity contribution in [2.75, 3.05) is 0 Å². The minimum Gasteiger partial charge on any atom is -0.512 e. The number of aliphatic hydroxyl groups excluding tert-OH is 1. The topological polar surface area (TPSA) is 63.3 Å². The SMILES string of the molecule is CCC(CC)C(=O)/C=C(\O)C(CC)CC.Cc1c2c(c3c(oc4c(-c5[c-]cccc5)nccc43)c1CC(C)C)C(C)(C)CCC2(C)C.[Ir]. The van der Waals surface area contributed by atoms with E-state index in [1.807, 2.05) is 52.1 Å². The molecule has 48 heavy (non-hydrogen) atoms. The van der Waals surface area contributed by atoms with Crippen molar-refractivity contribution in [2.45, 2.75) is 132 Å². The summed E-state index contributed by atoms with van der Waals surface area (Å²) in [5.74, 6) is 1.11. The molecule has 1 radical (unpaired) electrons. The first-order chi connectivity index (χ1) is 22.2. The van der Waals surface area contributed by atoms with Crippen LogP contribution in [0.3, 0.4) is 0 Å². The number of pyridine rings is 1. The van der Waals surface area contributed by atoms with Crippen LogP contribution >= 0.6 is 0 Å². The second-order valence-electron chi connectivity index (χ2n) is 15.3. The summed E-state index contributed by atoms with van der Waals surface area (Å²) in [4.78, 5) is 16.5. The Labute approximate surface area is 303 Å². The third-order valence-electron chi connectivity index (χ3n) is 10.6. The van der Waals surface area contributed by atoms with E-state index in [-0.39, 0.29) is 54.3 Å². The zero-order valence-corrected chi connectivity index (χ0v) is 33.7. The van der Waals surface area contributed by atoms with Crippen LogP contribution in [-0.2, 0) is 42.2 Å². The molecule has 2 aromatic heterocycles. The fraction of sp³-hybridized carbons (Fsp3) is 0.535. The van der Waals surface area contributed by atoms with E-state index in [0.717, 1.165) is 54.5 Å². The predicted octanol–water partition coefficient (Wildman–Crippen LogP) is 12.2. The van der Waals surface area contributed by atoms with Gasteiger partial charge < -0.3 is 14.5 Å². The number of aromatic nitrogens is 1. The smallest absolute Gasteiger partial charge is 0.162 e. The van der Waals surface area contributed by atoms with Crippen LogP contribution in [0.15, 0.2) is 52.8 Å². The molecule has 1 aliphatic carbocycles. The van der Waals surface area contributed by atoms with Gasteiger partial charge in [-0.15, -0.1) is 35.9 Å². The Balaban J connectivity index is 0.000000334. The number of furan rings is 1. The Morgan fingerprint density at radius 1 is 0.938 bits per heavy atom. The van der Waals surface area contributed by atoms with Gasteiger partial charge in [0, 0.05) is 60.7 Å². The van der Waals surface area contributed by atoms with Crippen molar-refractivity contribution in [2.24, 2.45) is 17.8 Å². The van der Waals surface area contributed by atoms with Gasteiger partial charge in [-0.2, -0.15) is 0 Å². The normalized spacial score (nSPS) is 15.4. The van der Waals surface area contributed by atoms with Gasteiger partial charge >= 0.3 is 0 Å². The summed E-state index contributed by atoms with van der Waals surface area (Å²) in [5.41, 5.74) is 9.92. The van der Waals surface area contributed by atoms with Crippen molar-refractivity contribution in [3.8, 4) is 11.3 Å². The van der Waals surface area contributed by atoms with Crippen molar-refractivity contribution in [3.63, 3.8) is 0 Å². The molecule has 0 saturated carbocycles. The molecule has 2 aromatic carbocycles. The Kier molecular flexibility index (Phi) is 13.5. The standard InChI is InChI=1S/C30H34NO.C13H24O2.Ir/c1-18(2)17-22-19(3)24-25(30(6,7)15-14-29(24,4)5)23-21-13-16-31-26(28(21)32-27(22)23)20-11-9-8-10-12-20;1-5-10(6-2)12(14)9-13(15)11(7-3)8-4;/h8-11,13,16,18H,14-15,17H2,1-7H3;9-11,14H,5-8H2,1-4H3;/q-1;;/b;12-9-;. The Hall–Kier alpha value is -2.75. The number of ketones is 1. The van der Waals surface area contributed by atoms with Gasteiger partial charge in [0.1, 0.15) is 11.2 Å². The first kappa shape index (κ1) is 39.7. The average Bonchev–Trinajstić information content (AvgIpc) is 3.42. The fourth-order valence-electron chi connectivity index (χ4n) is 7.68. The van der Waals surface area contributed by atoms with E-state index in [1.54, 1.807) is 5.56 Å². The average molecular weight is 829 g/mol. The Morgan fingerprint density at radius 2 is 1.54 bits per heavy atom. The molecular formula is C43H58IrNO3-. The van der Waals surface area contributed by atoms with Crippen molar-refractivity contribution in [1.29, 1.82) is 0 Å². The maximum Gasteiger partial charge on any atom is 0.162 e. The molecule has 0 amide bonds. The maximum atomic E-state index is 11.7. The quantitative estimate of drug-likeness (QED) is 0.0982.